The number of fused-ring (bicyclic) bond motifs is 3. The van der Waals surface area contributed by atoms with Crippen molar-refractivity contribution in [2.24, 2.45) is 0 Å². The summed E-state index contributed by atoms with van der Waals surface area (Å²) in [6, 6.07) is 18.2. The largest absolute Gasteiger partial charge is 0.384 e. The number of rotatable bonds is 2. The zero-order valence-electron chi connectivity index (χ0n) is 16.7. The number of nitrogens with two attached hydrogens (primary N) is 1. The fraction of sp³-hybridized carbons (Fsp3) is 0.174. The minimum atomic E-state index is -0.0324. The summed E-state index contributed by atoms with van der Waals surface area (Å²) in [7, 11) is 0. The Kier molecular flexibility index (Phi) is 4.53. The van der Waals surface area contributed by atoms with E-state index < -0.39 is 0 Å². The van der Waals surface area contributed by atoms with Crippen molar-refractivity contribution >= 4 is 17.4 Å². The van der Waals surface area contributed by atoms with E-state index in [-0.39, 0.29) is 12.1 Å². The zero-order chi connectivity index (χ0) is 20.8. The first-order chi connectivity index (χ1) is 14.5. The van der Waals surface area contributed by atoms with Crippen LogP contribution >= 0.6 is 11.6 Å². The Morgan fingerprint density at radius 3 is 2.50 bits per heavy atom. The molecule has 4 aromatic rings. The van der Waals surface area contributed by atoms with E-state index in [4.69, 9.17) is 17.3 Å². The van der Waals surface area contributed by atoms with Crippen LogP contribution in [0.25, 0.3) is 16.8 Å². The number of aryl methyl sites for hydroxylation is 1. The third-order valence-corrected chi connectivity index (χ3v) is 5.81. The molecule has 2 aromatic heterocycles. The highest BCUT2D eigenvalue weighted by Gasteiger charge is 2.29. The summed E-state index contributed by atoms with van der Waals surface area (Å²) in [5.41, 5.74) is 11.2. The van der Waals surface area contributed by atoms with Crippen LogP contribution in [0.5, 0.6) is 0 Å². The van der Waals surface area contributed by atoms with Crippen LogP contribution in [0.4, 0.5) is 5.82 Å². The average molecular weight is 417 g/mol. The fourth-order valence-corrected chi connectivity index (χ4v) is 4.17. The summed E-state index contributed by atoms with van der Waals surface area (Å²) in [6.45, 7) is 4.09. The van der Waals surface area contributed by atoms with E-state index in [0.717, 1.165) is 44.6 Å². The van der Waals surface area contributed by atoms with Gasteiger partial charge < -0.3 is 5.73 Å². The van der Waals surface area contributed by atoms with Crippen LogP contribution < -0.4 is 11.1 Å². The first-order valence-electron chi connectivity index (χ1n) is 9.81. The summed E-state index contributed by atoms with van der Waals surface area (Å²) in [4.78, 5) is 4.25. The van der Waals surface area contributed by atoms with Crippen molar-refractivity contribution in [3.8, 4) is 16.8 Å². The molecule has 150 valence electrons. The summed E-state index contributed by atoms with van der Waals surface area (Å²) in [6.07, 6.45) is 1.80. The van der Waals surface area contributed by atoms with Gasteiger partial charge in [-0.2, -0.15) is 0 Å². The maximum Gasteiger partial charge on any atom is 0.154 e. The van der Waals surface area contributed by atoms with Crippen LogP contribution in [0.2, 0.25) is 5.02 Å². The van der Waals surface area contributed by atoms with Crippen molar-refractivity contribution in [2.45, 2.75) is 25.9 Å². The molecule has 1 aliphatic rings. The second-order valence-corrected chi connectivity index (χ2v) is 8.00. The summed E-state index contributed by atoms with van der Waals surface area (Å²) >= 11 is 6.15. The maximum absolute atomic E-state index is 6.15. The number of halogens is 1. The molecule has 0 saturated carbocycles. The molecule has 2 aromatic carbocycles. The summed E-state index contributed by atoms with van der Waals surface area (Å²) in [5, 5.41) is 13.2. The first-order valence-corrected chi connectivity index (χ1v) is 10.2. The summed E-state index contributed by atoms with van der Waals surface area (Å²) < 4.78 is 2.13. The molecule has 0 fully saturated rings. The molecule has 5 rings (SSSR count). The molecule has 0 aliphatic carbocycles. The molecule has 3 N–H and O–H groups in total. The van der Waals surface area contributed by atoms with Crippen molar-refractivity contribution in [2.75, 3.05) is 5.73 Å². The van der Waals surface area contributed by atoms with Crippen LogP contribution in [-0.4, -0.2) is 19.7 Å². The van der Waals surface area contributed by atoms with Crippen molar-refractivity contribution in [3.05, 3.63) is 88.6 Å². The highest BCUT2D eigenvalue weighted by atomic mass is 35.5. The van der Waals surface area contributed by atoms with E-state index >= 15 is 0 Å². The smallest absolute Gasteiger partial charge is 0.154 e. The Bertz CT molecular complexity index is 1210. The normalized spacial score (nSPS) is 17.8. The molecular formula is C23H21ClN6. The van der Waals surface area contributed by atoms with Gasteiger partial charge in [0.1, 0.15) is 11.6 Å². The van der Waals surface area contributed by atoms with Crippen molar-refractivity contribution in [3.63, 3.8) is 0 Å². The molecule has 3 heterocycles. The van der Waals surface area contributed by atoms with E-state index in [9.17, 15) is 0 Å². The number of nitrogens with zero attached hydrogens (tertiary/aromatic N) is 4. The predicted molar refractivity (Wildman–Crippen MR) is 119 cm³/mol. The Hall–Kier alpha value is -3.22. The number of nitrogen functional groups attached to an aromatic ring is 1. The molecule has 7 heteroatoms. The van der Waals surface area contributed by atoms with E-state index in [1.165, 1.54) is 0 Å². The molecule has 0 bridgehead atoms. The molecule has 0 radical (unpaired) electrons. The molecular weight excluding hydrogens is 396 g/mol. The molecule has 1 aliphatic heterocycles. The van der Waals surface area contributed by atoms with Gasteiger partial charge in [0.15, 0.2) is 5.82 Å². The number of pyridine rings is 1. The number of hydrogen-bond acceptors (Lipinski definition) is 5. The minimum absolute atomic E-state index is 0.0147. The highest BCUT2D eigenvalue weighted by Crippen LogP contribution is 2.37. The molecule has 1 unspecified atom stereocenters. The lowest BCUT2D eigenvalue weighted by Crippen LogP contribution is -2.25. The molecule has 0 amide bonds. The molecule has 0 saturated heterocycles. The van der Waals surface area contributed by atoms with Gasteiger partial charge in [-0.1, -0.05) is 29.8 Å². The minimum Gasteiger partial charge on any atom is -0.384 e. The topological polar surface area (TPSA) is 81.7 Å². The number of hydrogen-bond donors (Lipinski definition) is 2. The molecule has 6 nitrogen and oxygen atoms in total. The Labute approximate surface area is 179 Å². The Morgan fingerprint density at radius 2 is 1.77 bits per heavy atom. The Morgan fingerprint density at radius 1 is 1.00 bits per heavy atom. The lowest BCUT2D eigenvalue weighted by atomic mass is 9.93. The number of anilines is 1. The third-order valence-electron chi connectivity index (χ3n) is 5.56. The quantitative estimate of drug-likeness (QED) is 0.498. The third kappa shape index (κ3) is 3.14. The van der Waals surface area contributed by atoms with Crippen LogP contribution in [0.15, 0.2) is 60.8 Å². The van der Waals surface area contributed by atoms with E-state index in [0.29, 0.717) is 5.82 Å². The highest BCUT2D eigenvalue weighted by molar-refractivity contribution is 6.30. The number of nitrogens with one attached hydrogen (secondary N) is 1. The van der Waals surface area contributed by atoms with Gasteiger partial charge in [0.05, 0.1) is 17.8 Å². The van der Waals surface area contributed by atoms with Gasteiger partial charge in [0.25, 0.3) is 0 Å². The van der Waals surface area contributed by atoms with Gasteiger partial charge in [-0.15, -0.1) is 10.2 Å². The van der Waals surface area contributed by atoms with Gasteiger partial charge in [0, 0.05) is 16.8 Å². The van der Waals surface area contributed by atoms with Gasteiger partial charge in [-0.05, 0) is 66.9 Å². The number of benzene rings is 2. The van der Waals surface area contributed by atoms with Crippen molar-refractivity contribution in [1.29, 1.82) is 0 Å². The second-order valence-electron chi connectivity index (χ2n) is 7.56. The SMILES string of the molecule is Cc1nnc2n1-c1ccc(-c3ccc(N)nc3)cc1C(c1ccc(Cl)cc1)N[C@H]2C. The molecule has 0 spiro atoms. The Balaban J connectivity index is 1.73. The molecule has 2 atom stereocenters. The van der Waals surface area contributed by atoms with Crippen LogP contribution in [0, 0.1) is 6.92 Å². The van der Waals surface area contributed by atoms with Crippen molar-refractivity contribution < 1.29 is 0 Å². The maximum atomic E-state index is 6.15. The van der Waals surface area contributed by atoms with Gasteiger partial charge in [0.2, 0.25) is 0 Å². The second kappa shape index (κ2) is 7.23. The van der Waals surface area contributed by atoms with Crippen molar-refractivity contribution in [1.82, 2.24) is 25.1 Å². The number of aromatic nitrogens is 4. The van der Waals surface area contributed by atoms with E-state index in [2.05, 4.69) is 62.3 Å². The fourth-order valence-electron chi connectivity index (χ4n) is 4.05. The van der Waals surface area contributed by atoms with Gasteiger partial charge >= 0.3 is 0 Å². The van der Waals surface area contributed by atoms with E-state index in [1.54, 1.807) is 6.20 Å². The first kappa shape index (κ1) is 18.8. The standard InChI is InChI=1S/C23H21ClN6/c1-13-23-29-28-14(2)30(23)20-9-5-16(17-6-10-21(25)26-12-17)11-19(20)22(27-13)15-3-7-18(24)8-4-15/h3-13,22,27H,1-2H3,(H2,25,26)/t13-,22?/m0/s1. The van der Waals surface area contributed by atoms with Crippen LogP contribution in [0.1, 0.15) is 41.8 Å². The summed E-state index contributed by atoms with van der Waals surface area (Å²) in [5.74, 6) is 2.26. The predicted octanol–water partition coefficient (Wildman–Crippen LogP) is 4.63. The van der Waals surface area contributed by atoms with Gasteiger partial charge in [-0.3, -0.25) is 9.88 Å². The van der Waals surface area contributed by atoms with Crippen LogP contribution in [-0.2, 0) is 0 Å². The van der Waals surface area contributed by atoms with Crippen LogP contribution in [0.3, 0.4) is 0 Å². The average Bonchev–Trinajstić information content (AvgIpc) is 3.08. The van der Waals surface area contributed by atoms with Gasteiger partial charge in [-0.25, -0.2) is 4.98 Å². The zero-order valence-corrected chi connectivity index (χ0v) is 17.4. The van der Waals surface area contributed by atoms with E-state index in [1.807, 2.05) is 31.2 Å². The lowest BCUT2D eigenvalue weighted by molar-refractivity contribution is 0.504. The molecule has 30 heavy (non-hydrogen) atoms. The lowest BCUT2D eigenvalue weighted by Gasteiger charge is -2.22. The monoisotopic (exact) mass is 416 g/mol.